The zero-order valence-electron chi connectivity index (χ0n) is 15.7. The van der Waals surface area contributed by atoms with Crippen molar-refractivity contribution < 1.29 is 33.3 Å². The molecule has 3 aliphatic rings. The van der Waals surface area contributed by atoms with Gasteiger partial charge in [0.05, 0.1) is 12.2 Å². The van der Waals surface area contributed by atoms with E-state index in [4.69, 9.17) is 14.6 Å². The molecular weight excluding hydrogens is 358 g/mol. The van der Waals surface area contributed by atoms with E-state index in [0.29, 0.717) is 25.7 Å². The highest BCUT2D eigenvalue weighted by Crippen LogP contribution is 2.50. The Hall–Kier alpha value is -1.31. The second-order valence-corrected chi connectivity index (χ2v) is 7.27. The van der Waals surface area contributed by atoms with E-state index in [1.54, 1.807) is 18.2 Å². The van der Waals surface area contributed by atoms with E-state index in [-0.39, 0.29) is 6.42 Å². The zero-order valence-corrected chi connectivity index (χ0v) is 15.7. The number of alkyl halides is 2. The van der Waals surface area contributed by atoms with Gasteiger partial charge in [-0.3, -0.25) is 4.79 Å². The Kier molecular flexibility index (Phi) is 8.38. The van der Waals surface area contributed by atoms with Crippen LogP contribution < -0.4 is 0 Å². The van der Waals surface area contributed by atoms with Crippen LogP contribution in [0.5, 0.6) is 0 Å². The van der Waals surface area contributed by atoms with Gasteiger partial charge in [-0.1, -0.05) is 50.5 Å². The smallest absolute Gasteiger partial charge is 0.323 e. The topological polar surface area (TPSA) is 76.0 Å². The third-order valence-electron chi connectivity index (χ3n) is 5.02. The van der Waals surface area contributed by atoms with Gasteiger partial charge in [-0.2, -0.15) is 8.78 Å². The molecule has 27 heavy (non-hydrogen) atoms. The molecule has 2 bridgehead atoms. The Labute approximate surface area is 159 Å². The molecule has 3 saturated heterocycles. The molecule has 5 nitrogen and oxygen atoms in total. The number of unbranched alkanes of at least 4 members (excludes halogenated alkanes) is 3. The highest BCUT2D eigenvalue weighted by molar-refractivity contribution is 5.66. The summed E-state index contributed by atoms with van der Waals surface area (Å²) in [5, 5.41) is 18.6. The molecule has 5 atom stereocenters. The molecule has 3 fully saturated rings. The fraction of sp³-hybridized carbons (Fsp3) is 0.750. The number of hydrogen-bond donors (Lipinski definition) is 2. The van der Waals surface area contributed by atoms with Gasteiger partial charge in [-0.05, 0) is 25.7 Å². The van der Waals surface area contributed by atoms with E-state index in [2.05, 4.69) is 6.92 Å². The minimum Gasteiger partial charge on any atom is -0.481 e. The summed E-state index contributed by atoms with van der Waals surface area (Å²) in [5.74, 6) is -4.38. The van der Waals surface area contributed by atoms with Crippen molar-refractivity contribution in [3.05, 3.63) is 24.3 Å². The molecule has 3 rings (SSSR count). The predicted octanol–water partition coefficient (Wildman–Crippen LogP) is 4.06. The number of aliphatic carboxylic acids is 1. The van der Waals surface area contributed by atoms with Crippen molar-refractivity contribution in [2.75, 3.05) is 0 Å². The molecule has 0 aliphatic carbocycles. The number of aliphatic hydroxyl groups excluding tert-OH is 1. The highest BCUT2D eigenvalue weighted by Gasteiger charge is 2.68. The largest absolute Gasteiger partial charge is 0.481 e. The van der Waals surface area contributed by atoms with Crippen molar-refractivity contribution in [1.29, 1.82) is 0 Å². The maximum absolute atomic E-state index is 14.0. The summed E-state index contributed by atoms with van der Waals surface area (Å²) in [6.07, 6.45) is 8.28. The van der Waals surface area contributed by atoms with Crippen LogP contribution in [0.2, 0.25) is 0 Å². The number of carboxylic acid groups (broad SMARTS) is 1. The number of ether oxygens (including phenoxy) is 2. The molecule has 0 unspecified atom stereocenters. The van der Waals surface area contributed by atoms with E-state index in [1.165, 1.54) is 0 Å². The van der Waals surface area contributed by atoms with Gasteiger partial charge in [0.15, 0.2) is 0 Å². The quantitative estimate of drug-likeness (QED) is 0.389. The molecule has 3 heterocycles. The lowest BCUT2D eigenvalue weighted by molar-refractivity contribution is -0.451. The molecule has 0 aromatic carbocycles. The number of carbonyl (C=O) groups is 1. The fourth-order valence-corrected chi connectivity index (χ4v) is 3.43. The molecular formula is C20H30F2O5. The van der Waals surface area contributed by atoms with Gasteiger partial charge in [0, 0.05) is 12.3 Å². The summed E-state index contributed by atoms with van der Waals surface area (Å²) in [6, 6.07) is 0. The van der Waals surface area contributed by atoms with Crippen LogP contribution in [0.15, 0.2) is 24.3 Å². The molecule has 0 amide bonds. The SMILES string of the molecule is CCCCC[C@H](O)/C=C/[C@H]1O[C@H]2O[C@@H]([C@@H]1C/C=C\CCCC(=O)O)C2(F)F. The van der Waals surface area contributed by atoms with Crippen LogP contribution in [0, 0.1) is 5.92 Å². The van der Waals surface area contributed by atoms with Crippen molar-refractivity contribution >= 4 is 5.97 Å². The van der Waals surface area contributed by atoms with Gasteiger partial charge in [0.1, 0.15) is 6.10 Å². The number of fused-ring (bicyclic) bond motifs is 2. The Morgan fingerprint density at radius 2 is 2.00 bits per heavy atom. The number of rotatable bonds is 12. The summed E-state index contributed by atoms with van der Waals surface area (Å²) >= 11 is 0. The number of hydrogen-bond acceptors (Lipinski definition) is 4. The van der Waals surface area contributed by atoms with Crippen LogP contribution in [0.3, 0.4) is 0 Å². The maximum atomic E-state index is 14.0. The molecule has 154 valence electrons. The summed E-state index contributed by atoms with van der Waals surface area (Å²) in [4.78, 5) is 10.5. The van der Waals surface area contributed by atoms with Crippen LogP contribution in [-0.4, -0.2) is 46.7 Å². The van der Waals surface area contributed by atoms with Gasteiger partial charge in [-0.25, -0.2) is 0 Å². The van der Waals surface area contributed by atoms with E-state index in [1.807, 2.05) is 6.08 Å². The van der Waals surface area contributed by atoms with E-state index < -0.39 is 42.4 Å². The summed E-state index contributed by atoms with van der Waals surface area (Å²) in [7, 11) is 0. The van der Waals surface area contributed by atoms with Crippen LogP contribution in [0.4, 0.5) is 8.78 Å². The van der Waals surface area contributed by atoms with Crippen LogP contribution in [0.1, 0.15) is 58.3 Å². The molecule has 0 radical (unpaired) electrons. The predicted molar refractivity (Wildman–Crippen MR) is 96.5 cm³/mol. The summed E-state index contributed by atoms with van der Waals surface area (Å²) in [5.41, 5.74) is 0. The number of aliphatic hydroxyl groups is 1. The first-order chi connectivity index (χ1) is 12.9. The first-order valence-corrected chi connectivity index (χ1v) is 9.78. The van der Waals surface area contributed by atoms with Crippen molar-refractivity contribution in [2.24, 2.45) is 5.92 Å². The third-order valence-corrected chi connectivity index (χ3v) is 5.02. The minimum absolute atomic E-state index is 0.0870. The normalized spacial score (nSPS) is 30.5. The number of carboxylic acids is 1. The lowest BCUT2D eigenvalue weighted by Crippen LogP contribution is -2.70. The average molecular weight is 388 g/mol. The standard InChI is InChI=1S/C20H30F2O5/c1-2-3-6-9-14(23)12-13-16-15(10-7-4-5-8-11-17(24)25)18-20(21,22)19(26-16)27-18/h4,7,12-16,18-19,23H,2-3,5-6,8-11H2,1H3,(H,24,25)/b7-4-,13-12+/t14-,15+,16+,18-,19-/m0/s1. The van der Waals surface area contributed by atoms with Crippen molar-refractivity contribution in [2.45, 2.75) is 88.8 Å². The Morgan fingerprint density at radius 1 is 1.22 bits per heavy atom. The van der Waals surface area contributed by atoms with Crippen molar-refractivity contribution in [1.82, 2.24) is 0 Å². The average Bonchev–Trinajstić information content (AvgIpc) is 2.62. The second kappa shape index (κ2) is 10.3. The maximum Gasteiger partial charge on any atom is 0.323 e. The number of halogens is 2. The molecule has 0 saturated carbocycles. The Morgan fingerprint density at radius 3 is 2.67 bits per heavy atom. The fourth-order valence-electron chi connectivity index (χ4n) is 3.43. The van der Waals surface area contributed by atoms with E-state index in [0.717, 1.165) is 19.3 Å². The monoisotopic (exact) mass is 388 g/mol. The minimum atomic E-state index is -2.99. The van der Waals surface area contributed by atoms with Crippen LogP contribution >= 0.6 is 0 Å². The third kappa shape index (κ3) is 6.09. The lowest BCUT2D eigenvalue weighted by Gasteiger charge is -2.54. The van der Waals surface area contributed by atoms with E-state index >= 15 is 0 Å². The van der Waals surface area contributed by atoms with Crippen molar-refractivity contribution in [3.8, 4) is 0 Å². The molecule has 2 N–H and O–H groups in total. The first kappa shape index (κ1) is 22.0. The van der Waals surface area contributed by atoms with E-state index in [9.17, 15) is 18.7 Å². The highest BCUT2D eigenvalue weighted by atomic mass is 19.3. The van der Waals surface area contributed by atoms with Gasteiger partial charge in [0.2, 0.25) is 6.29 Å². The van der Waals surface area contributed by atoms with Gasteiger partial charge in [0.25, 0.3) is 0 Å². The summed E-state index contributed by atoms with van der Waals surface area (Å²) < 4.78 is 38.5. The molecule has 0 spiro atoms. The van der Waals surface area contributed by atoms with Gasteiger partial charge >= 0.3 is 11.9 Å². The number of allylic oxidation sites excluding steroid dienone is 2. The van der Waals surface area contributed by atoms with Crippen LogP contribution in [0.25, 0.3) is 0 Å². The Bertz CT molecular complexity index is 534. The summed E-state index contributed by atoms with van der Waals surface area (Å²) in [6.45, 7) is 2.09. The molecule has 3 aliphatic heterocycles. The van der Waals surface area contributed by atoms with Crippen LogP contribution in [-0.2, 0) is 14.3 Å². The Balaban J connectivity index is 1.88. The lowest BCUT2D eigenvalue weighted by atomic mass is 9.81. The molecule has 0 aromatic rings. The molecule has 0 aromatic heterocycles. The zero-order chi connectivity index (χ0) is 19.9. The van der Waals surface area contributed by atoms with Gasteiger partial charge < -0.3 is 19.7 Å². The van der Waals surface area contributed by atoms with Gasteiger partial charge in [-0.15, -0.1) is 0 Å². The van der Waals surface area contributed by atoms with Crippen molar-refractivity contribution in [3.63, 3.8) is 0 Å². The molecule has 7 heteroatoms. The second-order valence-electron chi connectivity index (χ2n) is 7.27. The first-order valence-electron chi connectivity index (χ1n) is 9.78.